The molecule has 1 aliphatic rings. The Hall–Kier alpha value is -2.86. The lowest BCUT2D eigenvalue weighted by Gasteiger charge is -2.16. The molecule has 6 heteroatoms. The second-order valence-corrected chi connectivity index (χ2v) is 6.85. The summed E-state index contributed by atoms with van der Waals surface area (Å²) < 4.78 is 1.88. The zero-order chi connectivity index (χ0) is 17.9. The summed E-state index contributed by atoms with van der Waals surface area (Å²) in [6.07, 6.45) is 6.32. The third-order valence-corrected chi connectivity index (χ3v) is 5.01. The Kier molecular flexibility index (Phi) is 4.58. The average molecular weight is 350 g/mol. The quantitative estimate of drug-likeness (QED) is 0.661. The minimum absolute atomic E-state index is 0.183. The molecule has 6 nitrogen and oxygen atoms in total. The van der Waals surface area contributed by atoms with E-state index in [2.05, 4.69) is 15.4 Å². The first-order chi connectivity index (χ1) is 12.7. The smallest absolute Gasteiger partial charge is 0.268 e. The molecule has 2 heterocycles. The van der Waals surface area contributed by atoms with Crippen LogP contribution in [0.2, 0.25) is 0 Å². The zero-order valence-electron chi connectivity index (χ0n) is 14.4. The van der Waals surface area contributed by atoms with Crippen LogP contribution in [0.25, 0.3) is 11.1 Å². The number of aromatic nitrogens is 3. The van der Waals surface area contributed by atoms with Crippen LogP contribution in [0.1, 0.15) is 23.3 Å². The fraction of sp³-hybridized carbons (Fsp3) is 0.300. The number of hydrogen-bond acceptors (Lipinski definition) is 3. The van der Waals surface area contributed by atoms with Gasteiger partial charge in [0.15, 0.2) is 0 Å². The maximum atomic E-state index is 12.8. The summed E-state index contributed by atoms with van der Waals surface area (Å²) in [6, 6.07) is 13.3. The monoisotopic (exact) mass is 350 g/mol. The van der Waals surface area contributed by atoms with Gasteiger partial charge >= 0.3 is 0 Å². The third-order valence-electron chi connectivity index (χ3n) is 5.01. The number of hydrogen-bond donors (Lipinski definition) is 3. The highest BCUT2D eigenvalue weighted by Gasteiger charge is 2.34. The third kappa shape index (κ3) is 3.41. The predicted molar refractivity (Wildman–Crippen MR) is 98.4 cm³/mol. The summed E-state index contributed by atoms with van der Waals surface area (Å²) >= 11 is 0. The van der Waals surface area contributed by atoms with Crippen LogP contribution in [-0.2, 0) is 6.54 Å². The Labute approximate surface area is 151 Å². The predicted octanol–water partition coefficient (Wildman–Crippen LogP) is 2.45. The van der Waals surface area contributed by atoms with Crippen LogP contribution in [0.3, 0.4) is 0 Å². The Morgan fingerprint density at radius 1 is 1.23 bits per heavy atom. The minimum Gasteiger partial charge on any atom is -0.391 e. The van der Waals surface area contributed by atoms with Gasteiger partial charge in [-0.1, -0.05) is 30.3 Å². The van der Waals surface area contributed by atoms with Gasteiger partial charge in [0, 0.05) is 30.7 Å². The second-order valence-electron chi connectivity index (χ2n) is 6.85. The number of benzene rings is 1. The van der Waals surface area contributed by atoms with Gasteiger partial charge in [-0.05, 0) is 36.5 Å². The molecule has 1 fully saturated rings. The molecular weight excluding hydrogens is 328 g/mol. The van der Waals surface area contributed by atoms with Crippen molar-refractivity contribution in [1.29, 1.82) is 0 Å². The molecule has 2 aromatic heterocycles. The summed E-state index contributed by atoms with van der Waals surface area (Å²) in [7, 11) is 0. The number of nitrogens with zero attached hydrogens (tertiary/aromatic N) is 2. The van der Waals surface area contributed by atoms with E-state index in [0.29, 0.717) is 18.0 Å². The lowest BCUT2D eigenvalue weighted by atomic mass is 10.1. The van der Waals surface area contributed by atoms with Crippen molar-refractivity contribution < 1.29 is 9.90 Å². The molecule has 134 valence electrons. The molecule has 3 aromatic rings. The van der Waals surface area contributed by atoms with Crippen LogP contribution < -0.4 is 5.32 Å². The van der Waals surface area contributed by atoms with Crippen molar-refractivity contribution in [1.82, 2.24) is 20.1 Å². The first kappa shape index (κ1) is 16.6. The van der Waals surface area contributed by atoms with E-state index in [1.54, 1.807) is 12.4 Å². The lowest BCUT2D eigenvalue weighted by Crippen LogP contribution is -2.40. The largest absolute Gasteiger partial charge is 0.391 e. The maximum absolute atomic E-state index is 12.8. The van der Waals surface area contributed by atoms with Crippen molar-refractivity contribution in [2.75, 3.05) is 0 Å². The van der Waals surface area contributed by atoms with E-state index in [1.807, 2.05) is 53.3 Å². The van der Waals surface area contributed by atoms with Gasteiger partial charge in [0.2, 0.25) is 0 Å². The molecule has 4 rings (SSSR count). The molecule has 3 atom stereocenters. The molecule has 1 unspecified atom stereocenters. The minimum atomic E-state index is -0.533. The highest BCUT2D eigenvalue weighted by atomic mass is 16.3. The highest BCUT2D eigenvalue weighted by molar-refractivity contribution is 5.99. The number of H-pyrrole nitrogens is 1. The number of amides is 1. The number of carbonyl (C=O) groups is 1. The van der Waals surface area contributed by atoms with Gasteiger partial charge in [0.1, 0.15) is 5.69 Å². The molecule has 26 heavy (non-hydrogen) atoms. The van der Waals surface area contributed by atoms with Crippen LogP contribution in [-0.4, -0.2) is 37.9 Å². The molecule has 0 radical (unpaired) electrons. The summed E-state index contributed by atoms with van der Waals surface area (Å²) in [6.45, 7) is 0.758. The van der Waals surface area contributed by atoms with Gasteiger partial charge in [-0.2, -0.15) is 5.10 Å². The van der Waals surface area contributed by atoms with Crippen molar-refractivity contribution in [2.45, 2.75) is 31.5 Å². The van der Waals surface area contributed by atoms with Crippen LogP contribution in [0.4, 0.5) is 0 Å². The van der Waals surface area contributed by atoms with Gasteiger partial charge in [-0.15, -0.1) is 0 Å². The Morgan fingerprint density at radius 2 is 2.08 bits per heavy atom. The average Bonchev–Trinajstić information content (AvgIpc) is 3.38. The van der Waals surface area contributed by atoms with E-state index in [0.717, 1.165) is 24.1 Å². The normalized spacial score (nSPS) is 22.4. The molecule has 0 bridgehead atoms. The van der Waals surface area contributed by atoms with Crippen LogP contribution in [0, 0.1) is 5.92 Å². The SMILES string of the molecule is O=C(N[C@@H]1CC(Cn2cccn2)C[C@H]1O)c1[nH]ccc1-c1ccccc1. The summed E-state index contributed by atoms with van der Waals surface area (Å²) in [4.78, 5) is 15.8. The molecule has 1 amide bonds. The first-order valence-corrected chi connectivity index (χ1v) is 8.90. The molecule has 3 N–H and O–H groups in total. The topological polar surface area (TPSA) is 82.9 Å². The molecule has 1 aliphatic carbocycles. The number of rotatable bonds is 5. The summed E-state index contributed by atoms with van der Waals surface area (Å²) in [5.74, 6) is 0.116. The lowest BCUT2D eigenvalue weighted by molar-refractivity contribution is 0.0869. The Morgan fingerprint density at radius 3 is 2.85 bits per heavy atom. The van der Waals surface area contributed by atoms with Gasteiger partial charge < -0.3 is 15.4 Å². The number of nitrogens with one attached hydrogen (secondary N) is 2. The van der Waals surface area contributed by atoms with E-state index in [9.17, 15) is 9.90 Å². The van der Waals surface area contributed by atoms with Gasteiger partial charge in [-0.25, -0.2) is 0 Å². The fourth-order valence-electron chi connectivity index (χ4n) is 3.75. The standard InChI is InChI=1S/C20H22N4O2/c25-18-12-14(13-24-10-4-8-22-24)11-17(18)23-20(26)19-16(7-9-21-19)15-5-2-1-3-6-15/h1-10,14,17-18,21,25H,11-13H2,(H,23,26)/t14?,17-,18-/m1/s1. The van der Waals surface area contributed by atoms with E-state index >= 15 is 0 Å². The number of aliphatic hydroxyl groups excluding tert-OH is 1. The second kappa shape index (κ2) is 7.17. The van der Waals surface area contributed by atoms with Crippen molar-refractivity contribution in [2.24, 2.45) is 5.92 Å². The van der Waals surface area contributed by atoms with Crippen molar-refractivity contribution in [3.8, 4) is 11.1 Å². The maximum Gasteiger partial charge on any atom is 0.268 e. The summed E-state index contributed by atoms with van der Waals surface area (Å²) in [5.41, 5.74) is 2.38. The van der Waals surface area contributed by atoms with Gasteiger partial charge in [0.25, 0.3) is 5.91 Å². The first-order valence-electron chi connectivity index (χ1n) is 8.90. The van der Waals surface area contributed by atoms with Gasteiger partial charge in [-0.3, -0.25) is 9.48 Å². The van der Waals surface area contributed by atoms with E-state index < -0.39 is 6.10 Å². The molecule has 1 aromatic carbocycles. The zero-order valence-corrected chi connectivity index (χ0v) is 14.4. The fourth-order valence-corrected chi connectivity index (χ4v) is 3.75. The number of aliphatic hydroxyl groups is 1. The highest BCUT2D eigenvalue weighted by Crippen LogP contribution is 2.28. The molecule has 0 aliphatic heterocycles. The van der Waals surface area contributed by atoms with E-state index in [4.69, 9.17) is 0 Å². The van der Waals surface area contributed by atoms with E-state index in [-0.39, 0.29) is 11.9 Å². The molecule has 1 saturated carbocycles. The molecule has 0 saturated heterocycles. The number of aromatic amines is 1. The Bertz CT molecular complexity index is 857. The summed E-state index contributed by atoms with van der Waals surface area (Å²) in [5, 5.41) is 17.6. The van der Waals surface area contributed by atoms with Crippen LogP contribution >= 0.6 is 0 Å². The van der Waals surface area contributed by atoms with Crippen molar-refractivity contribution in [3.63, 3.8) is 0 Å². The van der Waals surface area contributed by atoms with Crippen LogP contribution in [0.15, 0.2) is 61.1 Å². The van der Waals surface area contributed by atoms with Crippen LogP contribution in [0.5, 0.6) is 0 Å². The van der Waals surface area contributed by atoms with E-state index in [1.165, 1.54) is 0 Å². The molecule has 0 spiro atoms. The molecular formula is C20H22N4O2. The van der Waals surface area contributed by atoms with Crippen molar-refractivity contribution >= 4 is 5.91 Å². The number of carbonyl (C=O) groups excluding carboxylic acids is 1. The van der Waals surface area contributed by atoms with Gasteiger partial charge in [0.05, 0.1) is 12.1 Å². The Balaban J connectivity index is 1.43. The van der Waals surface area contributed by atoms with Crippen molar-refractivity contribution in [3.05, 3.63) is 66.7 Å².